The zero-order chi connectivity index (χ0) is 26.6. The number of methoxy groups -OCH3 is 1. The first kappa shape index (κ1) is 25.5. The van der Waals surface area contributed by atoms with Gasteiger partial charge in [0.2, 0.25) is 11.8 Å². The molecule has 0 aliphatic heterocycles. The topological polar surface area (TPSA) is 89.5 Å². The number of halogens is 2. The Bertz CT molecular complexity index is 1680. The molecule has 0 saturated heterocycles. The maximum absolute atomic E-state index is 12.3. The normalized spacial score (nSPS) is 11.1. The highest BCUT2D eigenvalue weighted by atomic mass is 35.5. The Morgan fingerprint density at radius 2 is 1.84 bits per heavy atom. The Morgan fingerprint density at radius 1 is 1.03 bits per heavy atom. The average Bonchev–Trinajstić information content (AvgIpc) is 3.56. The van der Waals surface area contributed by atoms with Crippen molar-refractivity contribution in [2.45, 2.75) is 0 Å². The van der Waals surface area contributed by atoms with Crippen LogP contribution in [0, 0.1) is 0 Å². The van der Waals surface area contributed by atoms with Gasteiger partial charge in [-0.2, -0.15) is 0 Å². The second kappa shape index (κ2) is 11.1. The zero-order valence-electron chi connectivity index (χ0n) is 19.8. The molecule has 7 nitrogen and oxygen atoms in total. The number of ether oxygens (including phenoxy) is 1. The van der Waals surface area contributed by atoms with Crippen LogP contribution in [0.25, 0.3) is 40.0 Å². The minimum absolute atomic E-state index is 0.146. The fourth-order valence-electron chi connectivity index (χ4n) is 3.61. The summed E-state index contributed by atoms with van der Waals surface area (Å²) < 4.78 is 16.8. The van der Waals surface area contributed by atoms with Gasteiger partial charge >= 0.3 is 0 Å². The molecule has 2 heterocycles. The van der Waals surface area contributed by atoms with Crippen LogP contribution in [0.5, 0.6) is 5.75 Å². The summed E-state index contributed by atoms with van der Waals surface area (Å²) in [5, 5.41) is 6.55. The highest BCUT2D eigenvalue weighted by Gasteiger charge is 2.12. The molecule has 0 radical (unpaired) electrons. The minimum atomic E-state index is -0.417. The molecule has 1 amide bonds. The number of carbonyl (C=O) groups is 1. The average molecular weight is 564 g/mol. The monoisotopic (exact) mass is 563 g/mol. The molecule has 0 atom stereocenters. The zero-order valence-corrected chi connectivity index (χ0v) is 22.2. The highest BCUT2D eigenvalue weighted by molar-refractivity contribution is 7.80. The number of thiocarbonyl (C=S) groups is 1. The van der Waals surface area contributed by atoms with Gasteiger partial charge in [0.15, 0.2) is 10.7 Å². The van der Waals surface area contributed by atoms with Crippen molar-refractivity contribution >= 4 is 69.3 Å². The summed E-state index contributed by atoms with van der Waals surface area (Å²) in [6, 6.07) is 21.5. The number of furan rings is 1. The Morgan fingerprint density at radius 3 is 2.63 bits per heavy atom. The largest absolute Gasteiger partial charge is 0.497 e. The quantitative estimate of drug-likeness (QED) is 0.162. The second-order valence-electron chi connectivity index (χ2n) is 8.01. The molecule has 38 heavy (non-hydrogen) atoms. The summed E-state index contributed by atoms with van der Waals surface area (Å²) in [5.41, 5.74) is 3.52. The number of anilines is 1. The van der Waals surface area contributed by atoms with E-state index in [9.17, 15) is 4.79 Å². The molecule has 0 bridgehead atoms. The third-order valence-electron chi connectivity index (χ3n) is 5.46. The van der Waals surface area contributed by atoms with E-state index in [-0.39, 0.29) is 5.11 Å². The van der Waals surface area contributed by atoms with Crippen LogP contribution in [-0.2, 0) is 4.79 Å². The van der Waals surface area contributed by atoms with Crippen molar-refractivity contribution in [2.24, 2.45) is 0 Å². The van der Waals surface area contributed by atoms with E-state index in [1.807, 2.05) is 42.5 Å². The van der Waals surface area contributed by atoms with Crippen molar-refractivity contribution < 1.29 is 18.4 Å². The van der Waals surface area contributed by atoms with Gasteiger partial charge in [-0.05, 0) is 79.0 Å². The molecule has 0 unspecified atom stereocenters. The van der Waals surface area contributed by atoms with E-state index in [1.165, 1.54) is 12.2 Å². The molecule has 5 aromatic rings. The summed E-state index contributed by atoms with van der Waals surface area (Å²) in [6.45, 7) is 0. The molecule has 2 aromatic heterocycles. The van der Waals surface area contributed by atoms with E-state index in [2.05, 4.69) is 15.6 Å². The predicted molar refractivity (Wildman–Crippen MR) is 154 cm³/mol. The maximum Gasteiger partial charge on any atom is 0.250 e. The van der Waals surface area contributed by atoms with Gasteiger partial charge in [-0.15, -0.1) is 0 Å². The Balaban J connectivity index is 1.17. The third-order valence-corrected chi connectivity index (χ3v) is 6.49. The van der Waals surface area contributed by atoms with Crippen LogP contribution in [0.15, 0.2) is 87.7 Å². The lowest BCUT2D eigenvalue weighted by atomic mass is 10.2. The number of amides is 1. The number of nitrogens with zero attached hydrogens (tertiary/aromatic N) is 1. The number of oxazole rings is 1. The van der Waals surface area contributed by atoms with Crippen molar-refractivity contribution in [3.8, 4) is 28.5 Å². The van der Waals surface area contributed by atoms with Crippen LogP contribution in [0.3, 0.4) is 0 Å². The van der Waals surface area contributed by atoms with Gasteiger partial charge in [-0.1, -0.05) is 29.3 Å². The smallest absolute Gasteiger partial charge is 0.250 e. The van der Waals surface area contributed by atoms with Crippen LogP contribution in [0.1, 0.15) is 5.76 Å². The van der Waals surface area contributed by atoms with Crippen LogP contribution < -0.4 is 15.4 Å². The van der Waals surface area contributed by atoms with Crippen LogP contribution in [0.4, 0.5) is 5.69 Å². The SMILES string of the molecule is COc1ccc2oc(-c3ccc(NC(=S)NC(=O)C=Cc4ccc(-c5cccc(Cl)c5Cl)o4)cc3)nc2c1. The van der Waals surface area contributed by atoms with Crippen molar-refractivity contribution in [1.82, 2.24) is 10.3 Å². The van der Waals surface area contributed by atoms with Crippen molar-refractivity contribution in [1.29, 1.82) is 0 Å². The van der Waals surface area contributed by atoms with E-state index >= 15 is 0 Å². The van der Waals surface area contributed by atoms with Crippen molar-refractivity contribution in [3.05, 3.63) is 94.7 Å². The van der Waals surface area contributed by atoms with E-state index in [0.29, 0.717) is 55.6 Å². The van der Waals surface area contributed by atoms with Gasteiger partial charge in [-0.3, -0.25) is 10.1 Å². The fourth-order valence-corrected chi connectivity index (χ4v) is 4.22. The first-order chi connectivity index (χ1) is 18.4. The summed E-state index contributed by atoms with van der Waals surface area (Å²) >= 11 is 17.6. The molecule has 2 N–H and O–H groups in total. The number of rotatable bonds is 6. The predicted octanol–water partition coefficient (Wildman–Crippen LogP) is 7.60. The van der Waals surface area contributed by atoms with E-state index in [0.717, 1.165) is 5.56 Å². The molecule has 0 aliphatic rings. The summed E-state index contributed by atoms with van der Waals surface area (Å²) in [6.07, 6.45) is 2.85. The first-order valence-corrected chi connectivity index (χ1v) is 12.5. The van der Waals surface area contributed by atoms with Crippen molar-refractivity contribution in [3.63, 3.8) is 0 Å². The Hall–Kier alpha value is -4.11. The van der Waals surface area contributed by atoms with Crippen molar-refractivity contribution in [2.75, 3.05) is 12.4 Å². The number of benzene rings is 3. The van der Waals surface area contributed by atoms with Gasteiger partial charge in [0.1, 0.15) is 22.8 Å². The van der Waals surface area contributed by atoms with Crippen LogP contribution in [-0.4, -0.2) is 23.1 Å². The molecular formula is C28H19Cl2N3O4S. The molecule has 190 valence electrons. The lowest BCUT2D eigenvalue weighted by Crippen LogP contribution is -2.32. The van der Waals surface area contributed by atoms with Gasteiger partial charge < -0.3 is 18.9 Å². The highest BCUT2D eigenvalue weighted by Crippen LogP contribution is 2.34. The van der Waals surface area contributed by atoms with Crippen LogP contribution >= 0.6 is 35.4 Å². The number of aromatic nitrogens is 1. The summed E-state index contributed by atoms with van der Waals surface area (Å²) in [7, 11) is 1.60. The molecule has 5 rings (SSSR count). The maximum atomic E-state index is 12.3. The number of carbonyl (C=O) groups excluding carboxylic acids is 1. The first-order valence-electron chi connectivity index (χ1n) is 11.3. The Labute approximate surface area is 233 Å². The number of hydrogen-bond donors (Lipinski definition) is 2. The van der Waals surface area contributed by atoms with E-state index in [4.69, 9.17) is 49.0 Å². The number of hydrogen-bond acceptors (Lipinski definition) is 6. The van der Waals surface area contributed by atoms with Gasteiger partial charge in [-0.25, -0.2) is 4.98 Å². The molecule has 0 saturated carbocycles. The summed E-state index contributed by atoms with van der Waals surface area (Å²) in [5.74, 6) is 1.78. The molecule has 10 heteroatoms. The number of fused-ring (bicyclic) bond motifs is 1. The molecular weight excluding hydrogens is 545 g/mol. The number of nitrogens with one attached hydrogen (secondary N) is 2. The molecule has 0 aliphatic carbocycles. The van der Waals surface area contributed by atoms with Gasteiger partial charge in [0, 0.05) is 29.0 Å². The molecule has 0 fully saturated rings. The standard InChI is InChI=1S/C28H19Cl2N3O4S/c1-35-19-10-13-24-22(15-19)32-27(37-24)16-5-7-17(8-6-16)31-28(38)33-25(34)14-11-18-9-12-23(36-18)20-3-2-4-21(29)26(20)30/h2-15H,1H3,(H2,31,33,34,38). The molecule has 0 spiro atoms. The minimum Gasteiger partial charge on any atom is -0.497 e. The molecule has 3 aromatic carbocycles. The lowest BCUT2D eigenvalue weighted by Gasteiger charge is -2.08. The Kier molecular flexibility index (Phi) is 7.46. The summed E-state index contributed by atoms with van der Waals surface area (Å²) in [4.78, 5) is 16.8. The van der Waals surface area contributed by atoms with Gasteiger partial charge in [0.25, 0.3) is 0 Å². The van der Waals surface area contributed by atoms with E-state index < -0.39 is 5.91 Å². The van der Waals surface area contributed by atoms with E-state index in [1.54, 1.807) is 37.4 Å². The van der Waals surface area contributed by atoms with Gasteiger partial charge in [0.05, 0.1) is 17.2 Å². The third kappa shape index (κ3) is 5.73. The lowest BCUT2D eigenvalue weighted by molar-refractivity contribution is -0.115. The second-order valence-corrected chi connectivity index (χ2v) is 9.20. The van der Waals surface area contributed by atoms with Crippen LogP contribution in [0.2, 0.25) is 10.0 Å². The fraction of sp³-hybridized carbons (Fsp3) is 0.0357.